The van der Waals surface area contributed by atoms with Crippen LogP contribution in [-0.4, -0.2) is 48.9 Å². The summed E-state index contributed by atoms with van der Waals surface area (Å²) in [6.07, 6.45) is 5.24. The van der Waals surface area contributed by atoms with Gasteiger partial charge in [0.2, 0.25) is 5.91 Å². The molecule has 1 saturated carbocycles. The fourth-order valence-corrected chi connectivity index (χ4v) is 4.94. The molecular weight excluding hydrogens is 516 g/mol. The lowest BCUT2D eigenvalue weighted by molar-refractivity contribution is -0.116. The number of carbonyl (C=O) groups is 2. The van der Waals surface area contributed by atoms with Crippen LogP contribution in [0.4, 0.5) is 20.2 Å². The van der Waals surface area contributed by atoms with E-state index in [0.717, 1.165) is 18.9 Å². The van der Waals surface area contributed by atoms with E-state index in [2.05, 4.69) is 10.6 Å². The predicted octanol–water partition coefficient (Wildman–Crippen LogP) is 4.82. The Labute approximate surface area is 230 Å². The minimum atomic E-state index is -3.30. The number of benzene rings is 2. The zero-order chi connectivity index (χ0) is 28.3. The number of hydrogen-bond donors (Lipinski definition) is 2. The molecule has 1 unspecified atom stereocenters. The highest BCUT2D eigenvalue weighted by Gasteiger charge is 2.43. The van der Waals surface area contributed by atoms with Crippen LogP contribution in [0.15, 0.2) is 89.7 Å². The third-order valence-corrected chi connectivity index (χ3v) is 7.00. The smallest absolute Gasteiger partial charge is 0.275 e. The number of allylic oxidation sites excluding steroid dienone is 1. The average Bonchev–Trinajstić information content (AvgIpc) is 3.77. The van der Waals surface area contributed by atoms with Gasteiger partial charge in [-0.15, -0.1) is 0 Å². The van der Waals surface area contributed by atoms with E-state index >= 15 is 8.78 Å². The maximum atomic E-state index is 15.5. The van der Waals surface area contributed by atoms with Crippen molar-refractivity contribution in [1.29, 1.82) is 0 Å². The van der Waals surface area contributed by atoms with Gasteiger partial charge in [-0.2, -0.15) is 0 Å². The number of nitrogens with zero attached hydrogens (tertiary/aromatic N) is 1. The van der Waals surface area contributed by atoms with Gasteiger partial charge in [-0.05, 0) is 44.0 Å². The van der Waals surface area contributed by atoms with Crippen LogP contribution in [0.25, 0.3) is 5.57 Å². The lowest BCUT2D eigenvalue weighted by atomic mass is 9.93. The Morgan fingerprint density at radius 1 is 1.12 bits per heavy atom. The number of carbonyl (C=O) groups excluding carboxylic acids is 3. The molecule has 206 valence electrons. The number of nitrogens with one attached hydrogen (secondary N) is 2. The van der Waals surface area contributed by atoms with Crippen molar-refractivity contribution in [2.75, 3.05) is 23.4 Å². The van der Waals surface area contributed by atoms with Gasteiger partial charge in [0.05, 0.1) is 18.2 Å². The molecule has 2 aromatic carbocycles. The number of alkyl halides is 2. The summed E-state index contributed by atoms with van der Waals surface area (Å²) in [6, 6.07) is 14.6. The van der Waals surface area contributed by atoms with E-state index in [1.54, 1.807) is 72.5 Å². The number of fused-ring (bicyclic) bond motifs is 1. The van der Waals surface area contributed by atoms with E-state index in [-0.39, 0.29) is 47.2 Å². The maximum absolute atomic E-state index is 15.5. The van der Waals surface area contributed by atoms with E-state index in [1.165, 1.54) is 0 Å². The zero-order valence-corrected chi connectivity index (χ0v) is 22.0. The average molecular weight is 546 g/mol. The maximum Gasteiger partial charge on any atom is 0.275 e. The lowest BCUT2D eigenvalue weighted by Crippen LogP contribution is -2.40. The van der Waals surface area contributed by atoms with Crippen LogP contribution in [-0.2, 0) is 19.1 Å². The lowest BCUT2D eigenvalue weighted by Gasteiger charge is -2.34. The minimum absolute atomic E-state index is 0.0274. The van der Waals surface area contributed by atoms with Crippen molar-refractivity contribution in [1.82, 2.24) is 5.32 Å². The van der Waals surface area contributed by atoms with Crippen molar-refractivity contribution < 1.29 is 27.9 Å². The third kappa shape index (κ3) is 5.60. The highest BCUT2D eigenvalue weighted by molar-refractivity contribution is 6.07. The Kier molecular flexibility index (Phi) is 7.67. The summed E-state index contributed by atoms with van der Waals surface area (Å²) in [6.45, 7) is 1.76. The number of hydrogen-bond acceptors (Lipinski definition) is 5. The molecule has 0 aromatic heterocycles. The van der Waals surface area contributed by atoms with Gasteiger partial charge in [0.25, 0.3) is 11.8 Å². The first-order valence-corrected chi connectivity index (χ1v) is 13.3. The van der Waals surface area contributed by atoms with Crippen LogP contribution >= 0.6 is 0 Å². The summed E-state index contributed by atoms with van der Waals surface area (Å²) in [5.74, 6) is -2.36. The van der Waals surface area contributed by atoms with Crippen LogP contribution in [0, 0.1) is 0 Å². The summed E-state index contributed by atoms with van der Waals surface area (Å²) in [5, 5.41) is 5.53. The van der Waals surface area contributed by atoms with E-state index in [1.807, 2.05) is 12.0 Å². The molecule has 0 saturated heterocycles. The van der Waals surface area contributed by atoms with Crippen molar-refractivity contribution in [3.8, 4) is 0 Å². The van der Waals surface area contributed by atoms with E-state index in [0.29, 0.717) is 11.4 Å². The molecule has 3 aliphatic rings. The SMILES string of the molecule is CCOC1=C(C(=O)Nc2ccccc2)C=CC(N2CCC(F)(F)C(=CC(=O)NC3CC3)c3ccccc32)C1=C=O. The van der Waals surface area contributed by atoms with Crippen LogP contribution < -0.4 is 15.5 Å². The van der Waals surface area contributed by atoms with Crippen molar-refractivity contribution in [2.45, 2.75) is 44.2 Å². The topological polar surface area (TPSA) is 87.7 Å². The molecule has 0 spiro atoms. The molecule has 5 rings (SSSR count). The van der Waals surface area contributed by atoms with Gasteiger partial charge in [0.1, 0.15) is 17.3 Å². The Hall–Kier alpha value is -4.49. The molecule has 1 atom stereocenters. The van der Waals surface area contributed by atoms with Crippen molar-refractivity contribution in [3.63, 3.8) is 0 Å². The summed E-state index contributed by atoms with van der Waals surface area (Å²) in [7, 11) is 0. The molecule has 2 N–H and O–H groups in total. The summed E-state index contributed by atoms with van der Waals surface area (Å²) in [5.41, 5.74) is 0.982. The van der Waals surface area contributed by atoms with Gasteiger partial charge in [-0.3, -0.25) is 9.59 Å². The Morgan fingerprint density at radius 2 is 1.85 bits per heavy atom. The second kappa shape index (κ2) is 11.3. The predicted molar refractivity (Wildman–Crippen MR) is 148 cm³/mol. The second-order valence-corrected chi connectivity index (χ2v) is 9.82. The van der Waals surface area contributed by atoms with Crippen molar-refractivity contribution in [3.05, 3.63) is 95.3 Å². The summed E-state index contributed by atoms with van der Waals surface area (Å²) < 4.78 is 36.9. The molecule has 0 radical (unpaired) electrons. The van der Waals surface area contributed by atoms with Gasteiger partial charge in [0, 0.05) is 47.6 Å². The highest BCUT2D eigenvalue weighted by atomic mass is 19.3. The first-order chi connectivity index (χ1) is 19.3. The number of halogens is 2. The fraction of sp³-hybridized carbons (Fsp3) is 0.290. The molecule has 1 fully saturated rings. The van der Waals surface area contributed by atoms with Crippen LogP contribution in [0.5, 0.6) is 0 Å². The first-order valence-electron chi connectivity index (χ1n) is 13.3. The molecular formula is C31H29F2N3O4. The Bertz CT molecular complexity index is 1450. The number of amides is 2. The van der Waals surface area contributed by atoms with Crippen molar-refractivity contribution >= 4 is 34.7 Å². The molecule has 2 aliphatic carbocycles. The summed E-state index contributed by atoms with van der Waals surface area (Å²) in [4.78, 5) is 39.8. The van der Waals surface area contributed by atoms with Gasteiger partial charge >= 0.3 is 0 Å². The normalized spacial score (nSPS) is 20.9. The largest absolute Gasteiger partial charge is 0.492 e. The fourth-order valence-electron chi connectivity index (χ4n) is 4.94. The Morgan fingerprint density at radius 3 is 2.55 bits per heavy atom. The second-order valence-electron chi connectivity index (χ2n) is 9.82. The Balaban J connectivity index is 1.52. The number of ether oxygens (including phenoxy) is 1. The number of rotatable bonds is 7. The van der Waals surface area contributed by atoms with Gasteiger partial charge in [-0.25, -0.2) is 13.6 Å². The van der Waals surface area contributed by atoms with Gasteiger partial charge in [0.15, 0.2) is 0 Å². The molecule has 1 heterocycles. The molecule has 2 aromatic rings. The van der Waals surface area contributed by atoms with Crippen LogP contribution in [0.3, 0.4) is 0 Å². The molecule has 0 bridgehead atoms. The van der Waals surface area contributed by atoms with Crippen LogP contribution in [0.1, 0.15) is 31.7 Å². The van der Waals surface area contributed by atoms with Gasteiger partial charge in [-0.1, -0.05) is 42.5 Å². The quantitative estimate of drug-likeness (QED) is 0.385. The van der Waals surface area contributed by atoms with Crippen LogP contribution in [0.2, 0.25) is 0 Å². The van der Waals surface area contributed by atoms with E-state index in [9.17, 15) is 14.4 Å². The zero-order valence-electron chi connectivity index (χ0n) is 22.0. The molecule has 7 nitrogen and oxygen atoms in total. The monoisotopic (exact) mass is 545 g/mol. The molecule has 9 heteroatoms. The number of anilines is 2. The van der Waals surface area contributed by atoms with E-state index < -0.39 is 30.2 Å². The third-order valence-electron chi connectivity index (χ3n) is 7.00. The molecule has 40 heavy (non-hydrogen) atoms. The van der Waals surface area contributed by atoms with Gasteiger partial charge < -0.3 is 20.3 Å². The van der Waals surface area contributed by atoms with Crippen molar-refractivity contribution in [2.24, 2.45) is 0 Å². The number of para-hydroxylation sites is 2. The molecule has 2 amide bonds. The standard InChI is InChI=1S/C31H29F2N3O4/c1-2-40-29-23(30(39)35-20-8-4-3-5-9-20)14-15-27(24(29)19-37)36-17-16-31(32,33)25(18-28(38)34-21-12-13-21)22-10-6-7-11-26(22)36/h3-11,14-15,18,21,27H,2,12-13,16-17H2,1H3,(H,34,38)(H,35,39). The minimum Gasteiger partial charge on any atom is -0.492 e. The first kappa shape index (κ1) is 27.1. The molecule has 1 aliphatic heterocycles. The highest BCUT2D eigenvalue weighted by Crippen LogP contribution is 2.45. The summed E-state index contributed by atoms with van der Waals surface area (Å²) >= 11 is 0. The van der Waals surface area contributed by atoms with E-state index in [4.69, 9.17) is 4.74 Å².